The van der Waals surface area contributed by atoms with E-state index < -0.39 is 17.8 Å². The van der Waals surface area contributed by atoms with Crippen molar-refractivity contribution in [3.8, 4) is 5.75 Å². The molecule has 1 atom stereocenters. The van der Waals surface area contributed by atoms with E-state index in [1.165, 1.54) is 38.5 Å². The Balaban J connectivity index is 1.36. The van der Waals surface area contributed by atoms with E-state index in [0.29, 0.717) is 17.0 Å². The number of hydrogen-bond donors (Lipinski definition) is 0. The van der Waals surface area contributed by atoms with E-state index >= 15 is 0 Å². The Morgan fingerprint density at radius 2 is 1.52 bits per heavy atom. The lowest BCUT2D eigenvalue weighted by Gasteiger charge is -2.42. The van der Waals surface area contributed by atoms with Gasteiger partial charge in [-0.05, 0) is 86.7 Å². The van der Waals surface area contributed by atoms with Gasteiger partial charge in [0.1, 0.15) is 0 Å². The number of ether oxygens (including phenoxy) is 1. The number of halogens is 3. The molecule has 4 rings (SSSR count). The summed E-state index contributed by atoms with van der Waals surface area (Å²) >= 11 is 0. The minimum Gasteiger partial charge on any atom is -0.429 e. The van der Waals surface area contributed by atoms with Gasteiger partial charge in [-0.1, -0.05) is 44.7 Å². The lowest BCUT2D eigenvalue weighted by atomic mass is 9.66. The Morgan fingerprint density at radius 3 is 2.14 bits per heavy atom. The molecule has 0 N–H and O–H groups in total. The van der Waals surface area contributed by atoms with Gasteiger partial charge in [0.2, 0.25) is 0 Å². The average molecular weight is 409 g/mol. The second-order valence-electron chi connectivity index (χ2n) is 9.90. The third-order valence-electron chi connectivity index (χ3n) is 8.12. The van der Waals surface area contributed by atoms with Crippen molar-refractivity contribution < 1.29 is 17.9 Å². The van der Waals surface area contributed by atoms with E-state index in [0.717, 1.165) is 37.5 Å². The molecule has 0 aromatic heterocycles. The second kappa shape index (κ2) is 8.51. The maximum Gasteiger partial charge on any atom is 0.401 e. The van der Waals surface area contributed by atoms with Crippen LogP contribution in [-0.4, -0.2) is 6.11 Å². The molecule has 4 heteroatoms. The summed E-state index contributed by atoms with van der Waals surface area (Å²) in [5.41, 5.74) is 0.951. The lowest BCUT2D eigenvalue weighted by molar-refractivity contribution is -0.239. The number of alkyl halides is 2. The molecule has 1 aromatic rings. The summed E-state index contributed by atoms with van der Waals surface area (Å²) < 4.78 is 48.9. The molecule has 1 nitrogen and oxygen atoms in total. The summed E-state index contributed by atoms with van der Waals surface area (Å²) in [4.78, 5) is 0. The Bertz CT molecular complexity index is 700. The van der Waals surface area contributed by atoms with E-state index in [-0.39, 0.29) is 18.1 Å². The molecule has 1 unspecified atom stereocenters. The summed E-state index contributed by atoms with van der Waals surface area (Å²) in [6, 6.07) is 3.43. The molecule has 1 aromatic carbocycles. The minimum atomic E-state index is -3.28. The summed E-state index contributed by atoms with van der Waals surface area (Å²) in [5.74, 6) is 0.680. The van der Waals surface area contributed by atoms with Crippen LogP contribution < -0.4 is 4.74 Å². The zero-order valence-electron chi connectivity index (χ0n) is 17.9. The van der Waals surface area contributed by atoms with Crippen LogP contribution in [0.3, 0.4) is 0 Å². The largest absolute Gasteiger partial charge is 0.429 e. The van der Waals surface area contributed by atoms with Gasteiger partial charge >= 0.3 is 6.11 Å². The van der Waals surface area contributed by atoms with E-state index in [1.54, 1.807) is 19.1 Å². The Hall–Kier alpha value is -1.19. The summed E-state index contributed by atoms with van der Waals surface area (Å²) in [6.07, 6.45) is 8.79. The van der Waals surface area contributed by atoms with Crippen LogP contribution >= 0.6 is 0 Å². The fourth-order valence-corrected chi connectivity index (χ4v) is 6.35. The van der Waals surface area contributed by atoms with E-state index in [4.69, 9.17) is 4.74 Å². The average Bonchev–Trinajstić information content (AvgIpc) is 2.71. The molecule has 0 saturated heterocycles. The van der Waals surface area contributed by atoms with E-state index in [9.17, 15) is 13.2 Å². The van der Waals surface area contributed by atoms with Crippen molar-refractivity contribution in [2.45, 2.75) is 90.6 Å². The van der Waals surface area contributed by atoms with Gasteiger partial charge in [-0.25, -0.2) is 4.39 Å². The molecule has 0 spiro atoms. The molecule has 0 amide bonds. The van der Waals surface area contributed by atoms with Crippen LogP contribution in [0.1, 0.15) is 82.3 Å². The number of fused-ring (bicyclic) bond motifs is 1. The van der Waals surface area contributed by atoms with Crippen molar-refractivity contribution in [2.24, 2.45) is 29.6 Å². The first-order valence-corrected chi connectivity index (χ1v) is 11.7. The first-order valence-electron chi connectivity index (χ1n) is 11.7. The van der Waals surface area contributed by atoms with Crippen molar-refractivity contribution in [3.63, 3.8) is 0 Å². The number of rotatable bonds is 4. The predicted octanol–water partition coefficient (Wildman–Crippen LogP) is 7.69. The number of benzene rings is 1. The number of aryl methyl sites for hydroxylation is 1. The normalized spacial score (nSPS) is 34.3. The SMILES string of the molecule is CCCC1CCC(C2CCC(C3Cc4ccc(C)c(F)c4OC3(F)F)CC2)CC1. The molecule has 0 radical (unpaired) electrons. The molecule has 2 saturated carbocycles. The quantitative estimate of drug-likeness (QED) is 0.496. The Kier molecular flexibility index (Phi) is 6.18. The van der Waals surface area contributed by atoms with Gasteiger partial charge in [0.05, 0.1) is 5.92 Å². The molecule has 1 aliphatic heterocycles. The highest BCUT2D eigenvalue weighted by Gasteiger charge is 2.51. The first-order chi connectivity index (χ1) is 13.9. The fraction of sp³-hybridized carbons (Fsp3) is 0.760. The number of hydrogen-bond acceptors (Lipinski definition) is 1. The van der Waals surface area contributed by atoms with Crippen molar-refractivity contribution in [3.05, 3.63) is 29.1 Å². The van der Waals surface area contributed by atoms with Crippen molar-refractivity contribution in [2.75, 3.05) is 0 Å². The second-order valence-corrected chi connectivity index (χ2v) is 9.90. The Morgan fingerprint density at radius 1 is 0.931 bits per heavy atom. The molecule has 162 valence electrons. The van der Waals surface area contributed by atoms with Crippen LogP contribution in [0.15, 0.2) is 12.1 Å². The third-order valence-corrected chi connectivity index (χ3v) is 8.12. The maximum absolute atomic E-state index is 14.8. The first kappa shape index (κ1) is 21.1. The molecule has 2 aliphatic carbocycles. The van der Waals surface area contributed by atoms with Gasteiger partial charge in [0, 0.05) is 0 Å². The van der Waals surface area contributed by atoms with Crippen LogP contribution in [0.2, 0.25) is 0 Å². The summed E-state index contributed by atoms with van der Waals surface area (Å²) in [5, 5.41) is 0. The fourth-order valence-electron chi connectivity index (χ4n) is 6.35. The zero-order chi connectivity index (χ0) is 20.6. The van der Waals surface area contributed by atoms with Gasteiger partial charge in [-0.3, -0.25) is 0 Å². The van der Waals surface area contributed by atoms with Crippen molar-refractivity contribution in [1.29, 1.82) is 0 Å². The van der Waals surface area contributed by atoms with Crippen LogP contribution in [0.5, 0.6) is 5.75 Å². The Labute approximate surface area is 173 Å². The lowest BCUT2D eigenvalue weighted by Crippen LogP contribution is -2.45. The highest BCUT2D eigenvalue weighted by molar-refractivity contribution is 5.41. The standard InChI is InChI=1S/C25H35F3O/c1-3-4-17-6-9-18(10-7-17)19-11-13-20(14-12-19)22-15-21-8-5-16(2)23(26)24(21)29-25(22,27)28/h5,8,17-20,22H,3-4,6-7,9-15H2,1-2H3. The van der Waals surface area contributed by atoms with Crippen LogP contribution in [0.25, 0.3) is 0 Å². The van der Waals surface area contributed by atoms with E-state index in [1.807, 2.05) is 0 Å². The maximum atomic E-state index is 14.8. The molecule has 2 fully saturated rings. The zero-order valence-corrected chi connectivity index (χ0v) is 17.9. The van der Waals surface area contributed by atoms with Crippen LogP contribution in [0, 0.1) is 42.3 Å². The van der Waals surface area contributed by atoms with Crippen molar-refractivity contribution in [1.82, 2.24) is 0 Å². The minimum absolute atomic E-state index is 0.0322. The van der Waals surface area contributed by atoms with Gasteiger partial charge in [-0.15, -0.1) is 0 Å². The van der Waals surface area contributed by atoms with Gasteiger partial charge < -0.3 is 4.74 Å². The molecular weight excluding hydrogens is 373 g/mol. The molecular formula is C25H35F3O. The highest BCUT2D eigenvalue weighted by atomic mass is 19.3. The monoisotopic (exact) mass is 408 g/mol. The third kappa shape index (κ3) is 4.32. The van der Waals surface area contributed by atoms with Crippen LogP contribution in [-0.2, 0) is 6.42 Å². The summed E-state index contributed by atoms with van der Waals surface area (Å²) in [7, 11) is 0. The topological polar surface area (TPSA) is 9.23 Å². The van der Waals surface area contributed by atoms with Gasteiger partial charge in [0.25, 0.3) is 0 Å². The molecule has 3 aliphatic rings. The molecule has 0 bridgehead atoms. The van der Waals surface area contributed by atoms with Crippen LogP contribution in [0.4, 0.5) is 13.2 Å². The smallest absolute Gasteiger partial charge is 0.401 e. The van der Waals surface area contributed by atoms with E-state index in [2.05, 4.69) is 6.92 Å². The predicted molar refractivity (Wildman–Crippen MR) is 110 cm³/mol. The van der Waals surface area contributed by atoms with Gasteiger partial charge in [-0.2, -0.15) is 8.78 Å². The van der Waals surface area contributed by atoms with Gasteiger partial charge in [0.15, 0.2) is 11.6 Å². The summed E-state index contributed by atoms with van der Waals surface area (Å²) in [6.45, 7) is 3.85. The molecule has 29 heavy (non-hydrogen) atoms. The van der Waals surface area contributed by atoms with Crippen molar-refractivity contribution >= 4 is 0 Å². The highest BCUT2D eigenvalue weighted by Crippen LogP contribution is 2.50. The molecule has 1 heterocycles.